The van der Waals surface area contributed by atoms with Crippen LogP contribution in [0.1, 0.15) is 44.1 Å². The second kappa shape index (κ2) is 25.0. The number of hydrogen-bond donors (Lipinski definition) is 11. The molecule has 0 radical (unpaired) electrons. The van der Waals surface area contributed by atoms with Gasteiger partial charge in [-0.05, 0) is 44.2 Å². The zero-order chi connectivity index (χ0) is 43.9. The van der Waals surface area contributed by atoms with Crippen LogP contribution in [0.5, 0.6) is 0 Å². The van der Waals surface area contributed by atoms with Crippen LogP contribution in [0.25, 0.3) is 0 Å². The quantitative estimate of drug-likeness (QED) is 0.0481. The largest absolute Gasteiger partial charge is 0.490 e. The van der Waals surface area contributed by atoms with Crippen molar-refractivity contribution >= 4 is 53.4 Å². The van der Waals surface area contributed by atoms with Crippen LogP contribution < -0.4 is 43.8 Å². The molecular formula is C31H43F6N9O11. The van der Waals surface area contributed by atoms with Crippen molar-refractivity contribution in [2.45, 2.75) is 81.5 Å². The summed E-state index contributed by atoms with van der Waals surface area (Å²) in [6.45, 7) is -0.0746. The number of nitrogens with one attached hydrogen (secondary N) is 5. The molecule has 0 spiro atoms. The third-order valence-corrected chi connectivity index (χ3v) is 7.01. The van der Waals surface area contributed by atoms with Crippen molar-refractivity contribution in [1.29, 1.82) is 0 Å². The molecule has 26 heteroatoms. The number of unbranched alkanes of at least 4 members (excludes halogenated alkanes) is 1. The van der Waals surface area contributed by atoms with E-state index in [1.54, 1.807) is 30.3 Å². The number of carboxylic acid groups (broad SMARTS) is 3. The lowest BCUT2D eigenvalue weighted by Crippen LogP contribution is -2.58. The van der Waals surface area contributed by atoms with E-state index < -0.39 is 96.9 Å². The average molecular weight is 832 g/mol. The molecule has 0 saturated carbocycles. The molecule has 0 unspecified atom stereocenters. The van der Waals surface area contributed by atoms with Gasteiger partial charge in [-0.15, -0.1) is 0 Å². The van der Waals surface area contributed by atoms with Crippen LogP contribution >= 0.6 is 0 Å². The van der Waals surface area contributed by atoms with E-state index in [2.05, 4.69) is 31.6 Å². The molecule has 320 valence electrons. The average Bonchev–Trinajstić information content (AvgIpc) is 3.10. The highest BCUT2D eigenvalue weighted by atomic mass is 19.4. The minimum Gasteiger partial charge on any atom is -0.481 e. The first-order valence-corrected chi connectivity index (χ1v) is 16.5. The molecule has 5 amide bonds. The molecule has 0 aromatic heterocycles. The first-order valence-electron chi connectivity index (χ1n) is 16.5. The van der Waals surface area contributed by atoms with Gasteiger partial charge in [0, 0.05) is 13.0 Å². The zero-order valence-corrected chi connectivity index (χ0v) is 29.8. The van der Waals surface area contributed by atoms with Crippen molar-refractivity contribution in [3.8, 4) is 0 Å². The van der Waals surface area contributed by atoms with E-state index in [1.165, 1.54) is 0 Å². The molecule has 0 aliphatic carbocycles. The number of benzene rings is 1. The van der Waals surface area contributed by atoms with E-state index in [-0.39, 0.29) is 31.8 Å². The van der Waals surface area contributed by atoms with Gasteiger partial charge in [-0.1, -0.05) is 30.3 Å². The van der Waals surface area contributed by atoms with Gasteiger partial charge in [0.2, 0.25) is 29.5 Å². The van der Waals surface area contributed by atoms with Crippen molar-refractivity contribution in [2.75, 3.05) is 19.6 Å². The number of aliphatic carboxylic acids is 3. The summed E-state index contributed by atoms with van der Waals surface area (Å²) in [4.78, 5) is 98.9. The van der Waals surface area contributed by atoms with Gasteiger partial charge in [0.1, 0.15) is 24.2 Å². The number of alkyl halides is 6. The maximum Gasteiger partial charge on any atom is 0.490 e. The molecule has 1 fully saturated rings. The summed E-state index contributed by atoms with van der Waals surface area (Å²) < 4.78 is 63.5. The Bertz CT molecular complexity index is 1540. The Morgan fingerprint density at radius 3 is 1.61 bits per heavy atom. The Balaban J connectivity index is 0.00000189. The summed E-state index contributed by atoms with van der Waals surface area (Å²) in [5.41, 5.74) is 17.0. The van der Waals surface area contributed by atoms with Crippen LogP contribution in [-0.2, 0) is 44.8 Å². The minimum atomic E-state index is -5.08. The van der Waals surface area contributed by atoms with Crippen molar-refractivity contribution < 1.29 is 80.0 Å². The Morgan fingerprint density at radius 1 is 0.684 bits per heavy atom. The van der Waals surface area contributed by atoms with Crippen LogP contribution in [0.3, 0.4) is 0 Å². The second-order valence-corrected chi connectivity index (χ2v) is 11.6. The fraction of sp³-hybridized carbons (Fsp3) is 0.516. The Hall–Kier alpha value is -6.21. The Labute approximate surface area is 319 Å². The van der Waals surface area contributed by atoms with Crippen molar-refractivity contribution in [3.05, 3.63) is 35.9 Å². The van der Waals surface area contributed by atoms with Crippen LogP contribution in [0.4, 0.5) is 26.3 Å². The van der Waals surface area contributed by atoms with Gasteiger partial charge in [-0.2, -0.15) is 26.3 Å². The zero-order valence-electron chi connectivity index (χ0n) is 29.8. The molecule has 1 aliphatic rings. The fourth-order valence-corrected chi connectivity index (χ4v) is 4.33. The third-order valence-electron chi connectivity index (χ3n) is 7.01. The second-order valence-electron chi connectivity index (χ2n) is 11.6. The van der Waals surface area contributed by atoms with E-state index in [4.69, 9.17) is 37.0 Å². The topological polar surface area (TPSA) is 348 Å². The minimum absolute atomic E-state index is 0.0107. The monoisotopic (exact) mass is 831 g/mol. The van der Waals surface area contributed by atoms with E-state index in [1.807, 2.05) is 0 Å². The highest BCUT2D eigenvalue weighted by Crippen LogP contribution is 2.14. The van der Waals surface area contributed by atoms with Gasteiger partial charge in [0.15, 0.2) is 5.96 Å². The number of rotatable bonds is 12. The molecular weight excluding hydrogens is 788 g/mol. The Kier molecular flexibility index (Phi) is 22.3. The lowest BCUT2D eigenvalue weighted by Gasteiger charge is -2.26. The van der Waals surface area contributed by atoms with E-state index in [9.17, 15) is 60.2 Å². The molecule has 0 bridgehead atoms. The number of nitrogens with zero attached hydrogens (tertiary/aromatic N) is 1. The predicted molar refractivity (Wildman–Crippen MR) is 183 cm³/mol. The standard InChI is InChI=1S/C27H41N9O7.2C2HF3O2/c28-11-5-4-9-18-24(41)34-17(10-6-12-31-27(29)30)23(40)32-15-21(37)33-20(14-22(38)39)26(43)36-19(25(42)35-18)13-16-7-2-1-3-8-16;2*3-2(4,5)1(6)7/h1-3,7-8,17-20H,4-6,9-15,28H2,(H,32,40)(H,33,37)(H,34,41)(H,35,42)(H,36,43)(H,38,39)(H4,29,30,31);2*(H,6,7)/t17-,18-,19+,20-;;/m0../s1. The van der Waals surface area contributed by atoms with E-state index in [0.717, 1.165) is 0 Å². The lowest BCUT2D eigenvalue weighted by molar-refractivity contribution is -0.193. The predicted octanol–water partition coefficient (Wildman–Crippen LogP) is -1.78. The lowest BCUT2D eigenvalue weighted by atomic mass is 10.0. The molecule has 14 N–H and O–H groups in total. The number of nitrogens with two attached hydrogens (primary N) is 3. The van der Waals surface area contributed by atoms with E-state index >= 15 is 0 Å². The number of aliphatic imine (C=N–C) groups is 1. The molecule has 2 rings (SSSR count). The van der Waals surface area contributed by atoms with Crippen molar-refractivity contribution in [1.82, 2.24) is 26.6 Å². The normalized spacial score (nSPS) is 19.4. The number of guanidine groups is 1. The molecule has 20 nitrogen and oxygen atoms in total. The van der Waals surface area contributed by atoms with Gasteiger partial charge in [-0.25, -0.2) is 9.59 Å². The number of amides is 5. The summed E-state index contributed by atoms with van der Waals surface area (Å²) in [5, 5.41) is 36.1. The van der Waals surface area contributed by atoms with Crippen molar-refractivity contribution in [2.24, 2.45) is 22.2 Å². The smallest absolute Gasteiger partial charge is 0.481 e. The maximum absolute atomic E-state index is 13.6. The first kappa shape index (κ1) is 50.8. The van der Waals surface area contributed by atoms with Crippen LogP contribution in [0.15, 0.2) is 35.3 Å². The fourth-order valence-electron chi connectivity index (χ4n) is 4.33. The molecule has 1 aromatic carbocycles. The number of carboxylic acids is 3. The number of hydrogen-bond acceptors (Lipinski definition) is 10. The van der Waals surface area contributed by atoms with Crippen LogP contribution in [0, 0.1) is 0 Å². The summed E-state index contributed by atoms with van der Waals surface area (Å²) >= 11 is 0. The summed E-state index contributed by atoms with van der Waals surface area (Å²) in [7, 11) is 0. The van der Waals surface area contributed by atoms with Gasteiger partial charge in [-0.3, -0.25) is 33.8 Å². The summed E-state index contributed by atoms with van der Waals surface area (Å²) in [6, 6.07) is 3.75. The van der Waals surface area contributed by atoms with E-state index in [0.29, 0.717) is 31.4 Å². The maximum atomic E-state index is 13.6. The molecule has 1 aromatic rings. The highest BCUT2D eigenvalue weighted by molar-refractivity contribution is 5.98. The SMILES string of the molecule is NCCCC[C@@H]1NC(=O)[C@@H](Cc2ccccc2)NC(=O)[C@H](CC(=O)O)NC(=O)CNC(=O)[C@H](CCCN=C(N)N)NC1=O.O=C(O)C(F)(F)F.O=C(O)C(F)(F)F. The molecule has 1 saturated heterocycles. The third kappa shape index (κ3) is 22.7. The number of carbonyl (C=O) groups excluding carboxylic acids is 5. The number of carbonyl (C=O) groups is 8. The van der Waals surface area contributed by atoms with Crippen LogP contribution in [-0.4, -0.2) is 125 Å². The first-order chi connectivity index (χ1) is 26.4. The Morgan fingerprint density at radius 2 is 1.14 bits per heavy atom. The highest BCUT2D eigenvalue weighted by Gasteiger charge is 2.39. The summed E-state index contributed by atoms with van der Waals surface area (Å²) in [5.74, 6) is -10.9. The molecule has 1 heterocycles. The molecule has 4 atom stereocenters. The van der Waals surface area contributed by atoms with Gasteiger partial charge < -0.3 is 59.1 Å². The number of halogens is 6. The van der Waals surface area contributed by atoms with Gasteiger partial charge in [0.25, 0.3) is 0 Å². The summed E-state index contributed by atoms with van der Waals surface area (Å²) in [6.07, 6.45) is -9.31. The molecule has 57 heavy (non-hydrogen) atoms. The molecule has 1 aliphatic heterocycles. The van der Waals surface area contributed by atoms with Gasteiger partial charge >= 0.3 is 30.3 Å². The van der Waals surface area contributed by atoms with Gasteiger partial charge in [0.05, 0.1) is 13.0 Å². The van der Waals surface area contributed by atoms with Crippen molar-refractivity contribution in [3.63, 3.8) is 0 Å². The van der Waals surface area contributed by atoms with Crippen LogP contribution in [0.2, 0.25) is 0 Å².